The zero-order valence-corrected chi connectivity index (χ0v) is 20.7. The van der Waals surface area contributed by atoms with Gasteiger partial charge in [0.25, 0.3) is 0 Å². The Balaban J connectivity index is 1.90. The summed E-state index contributed by atoms with van der Waals surface area (Å²) in [5.74, 6) is -4.00. The molecule has 34 heavy (non-hydrogen) atoms. The van der Waals surface area contributed by atoms with Gasteiger partial charge < -0.3 is 19.3 Å². The maximum Gasteiger partial charge on any atom is 0.345 e. The van der Waals surface area contributed by atoms with Gasteiger partial charge in [-0.1, -0.05) is 39.0 Å². The molecule has 3 fully saturated rings. The first-order valence-corrected chi connectivity index (χ1v) is 11.8. The normalized spacial score (nSPS) is 44.9. The number of methoxy groups -OCH3 is 1. The van der Waals surface area contributed by atoms with Gasteiger partial charge in [0.1, 0.15) is 0 Å². The van der Waals surface area contributed by atoms with Crippen LogP contribution < -0.4 is 0 Å². The minimum atomic E-state index is -1.90. The smallest absolute Gasteiger partial charge is 0.345 e. The molecule has 0 unspecified atom stereocenters. The standard InChI is InChI=1S/C26H34O8/c1-13(2)14-8-10-24(4)15(23(14,3)11-9-16(27)28)12-25(5)18-17(24)19(29)33-20(18)34-26(6,21(25)30)22(31)32-7/h8,15,17-18,20H,1,9-12H2,2-7H3,(H,27,28)/t15-,17-,18+,20+,23+,24-,25+,26-/m0/s1. The van der Waals surface area contributed by atoms with E-state index >= 15 is 0 Å². The van der Waals surface area contributed by atoms with Gasteiger partial charge in [-0.3, -0.25) is 14.4 Å². The maximum atomic E-state index is 14.0. The molecule has 8 heteroatoms. The minimum Gasteiger partial charge on any atom is -0.481 e. The van der Waals surface area contributed by atoms with Gasteiger partial charge in [-0.05, 0) is 55.4 Å². The number of carbonyl (C=O) groups excluding carboxylic acids is 3. The van der Waals surface area contributed by atoms with Crippen LogP contribution >= 0.6 is 0 Å². The molecule has 2 aliphatic heterocycles. The fourth-order valence-corrected chi connectivity index (χ4v) is 7.73. The van der Waals surface area contributed by atoms with Crippen molar-refractivity contribution in [2.45, 2.75) is 72.2 Å². The van der Waals surface area contributed by atoms with Gasteiger partial charge in [-0.2, -0.15) is 0 Å². The molecule has 0 amide bonds. The quantitative estimate of drug-likeness (QED) is 0.476. The lowest BCUT2D eigenvalue weighted by Crippen LogP contribution is -2.69. The summed E-state index contributed by atoms with van der Waals surface area (Å²) in [6, 6.07) is 0. The van der Waals surface area contributed by atoms with E-state index in [2.05, 4.69) is 12.7 Å². The molecular formula is C26H34O8. The predicted molar refractivity (Wildman–Crippen MR) is 120 cm³/mol. The number of carboxylic acids is 1. The summed E-state index contributed by atoms with van der Waals surface area (Å²) in [6.45, 7) is 13.3. The molecule has 2 aliphatic carbocycles. The SMILES string of the molecule is C=C(C)C1=CC[C@]2(C)[C@@H]3C(=O)O[C@@H]4O[C@](C)(C(=O)OC)C(=O)[C@](C)(C[C@H]2[C@]1(C)CCC(=O)O)[C@@H]43. The van der Waals surface area contributed by atoms with Gasteiger partial charge >= 0.3 is 17.9 Å². The lowest BCUT2D eigenvalue weighted by molar-refractivity contribution is -0.257. The highest BCUT2D eigenvalue weighted by molar-refractivity contribution is 6.10. The van der Waals surface area contributed by atoms with Crippen LogP contribution in [-0.4, -0.2) is 47.8 Å². The van der Waals surface area contributed by atoms with Crippen molar-refractivity contribution in [1.82, 2.24) is 0 Å². The highest BCUT2D eigenvalue weighted by Crippen LogP contribution is 2.70. The van der Waals surface area contributed by atoms with E-state index in [-0.39, 0.29) is 12.3 Å². The molecule has 4 rings (SSSR count). The molecule has 0 aromatic carbocycles. The predicted octanol–water partition coefficient (Wildman–Crippen LogP) is 3.44. The second kappa shape index (κ2) is 7.51. The van der Waals surface area contributed by atoms with E-state index < -0.39 is 63.7 Å². The zero-order chi connectivity index (χ0) is 25.4. The maximum absolute atomic E-state index is 14.0. The molecule has 0 spiro atoms. The number of fused-ring (bicyclic) bond motifs is 2. The number of hydrogen-bond donors (Lipinski definition) is 1. The van der Waals surface area contributed by atoms with Crippen molar-refractivity contribution in [2.75, 3.05) is 7.11 Å². The summed E-state index contributed by atoms with van der Waals surface area (Å²) in [7, 11) is 1.19. The number of hydrogen-bond acceptors (Lipinski definition) is 7. The van der Waals surface area contributed by atoms with Crippen LogP contribution in [0.5, 0.6) is 0 Å². The van der Waals surface area contributed by atoms with Crippen molar-refractivity contribution in [1.29, 1.82) is 0 Å². The van der Waals surface area contributed by atoms with Crippen molar-refractivity contribution in [3.05, 3.63) is 23.8 Å². The molecule has 8 nitrogen and oxygen atoms in total. The summed E-state index contributed by atoms with van der Waals surface area (Å²) in [5.41, 5.74) is -2.40. The summed E-state index contributed by atoms with van der Waals surface area (Å²) in [5, 5.41) is 9.49. The Hall–Kier alpha value is -2.48. The van der Waals surface area contributed by atoms with Gasteiger partial charge in [0.2, 0.25) is 11.9 Å². The number of carboxylic acid groups (broad SMARTS) is 1. The van der Waals surface area contributed by atoms with Crippen LogP contribution in [0.25, 0.3) is 0 Å². The van der Waals surface area contributed by atoms with E-state index in [1.807, 2.05) is 20.8 Å². The average molecular weight is 475 g/mol. The Kier molecular flexibility index (Phi) is 5.44. The summed E-state index contributed by atoms with van der Waals surface area (Å²) in [6.07, 6.45) is 2.28. The number of ketones is 1. The Bertz CT molecular complexity index is 1030. The zero-order valence-electron chi connectivity index (χ0n) is 20.7. The molecule has 2 saturated heterocycles. The third-order valence-corrected chi connectivity index (χ3v) is 9.34. The second-order valence-corrected chi connectivity index (χ2v) is 11.4. The van der Waals surface area contributed by atoms with Crippen LogP contribution in [-0.2, 0) is 33.4 Å². The first-order valence-electron chi connectivity index (χ1n) is 11.8. The van der Waals surface area contributed by atoms with Crippen LogP contribution in [0.2, 0.25) is 0 Å². The second-order valence-electron chi connectivity index (χ2n) is 11.4. The van der Waals surface area contributed by atoms with Crippen LogP contribution in [0.1, 0.15) is 60.3 Å². The summed E-state index contributed by atoms with van der Waals surface area (Å²) in [4.78, 5) is 51.6. The number of Topliss-reactive ketones (excluding diaryl/α,β-unsaturated/α-hetero) is 1. The van der Waals surface area contributed by atoms with E-state index in [0.29, 0.717) is 19.3 Å². The number of esters is 2. The van der Waals surface area contributed by atoms with E-state index in [1.165, 1.54) is 14.0 Å². The van der Waals surface area contributed by atoms with Crippen molar-refractivity contribution in [3.63, 3.8) is 0 Å². The molecule has 0 aromatic rings. The fourth-order valence-electron chi connectivity index (χ4n) is 7.73. The van der Waals surface area contributed by atoms with E-state index in [9.17, 15) is 24.3 Å². The molecule has 0 aromatic heterocycles. The van der Waals surface area contributed by atoms with Crippen LogP contribution in [0.15, 0.2) is 23.8 Å². The number of allylic oxidation sites excluding steroid dienone is 3. The van der Waals surface area contributed by atoms with Gasteiger partial charge in [0.15, 0.2) is 5.78 Å². The van der Waals surface area contributed by atoms with E-state index in [1.54, 1.807) is 6.92 Å². The Morgan fingerprint density at radius 2 is 1.88 bits per heavy atom. The van der Waals surface area contributed by atoms with Crippen LogP contribution in [0.4, 0.5) is 0 Å². The Morgan fingerprint density at radius 3 is 2.44 bits per heavy atom. The molecule has 186 valence electrons. The number of ether oxygens (including phenoxy) is 3. The lowest BCUT2D eigenvalue weighted by Gasteiger charge is -2.63. The highest BCUT2D eigenvalue weighted by Gasteiger charge is 2.75. The van der Waals surface area contributed by atoms with Crippen molar-refractivity contribution in [3.8, 4) is 0 Å². The summed E-state index contributed by atoms with van der Waals surface area (Å²) >= 11 is 0. The minimum absolute atomic E-state index is 0.0531. The van der Waals surface area contributed by atoms with E-state index in [4.69, 9.17) is 14.2 Å². The third kappa shape index (κ3) is 3.00. The number of rotatable bonds is 5. The third-order valence-electron chi connectivity index (χ3n) is 9.34. The van der Waals surface area contributed by atoms with Crippen LogP contribution in [0.3, 0.4) is 0 Å². The molecule has 2 heterocycles. The van der Waals surface area contributed by atoms with E-state index in [0.717, 1.165) is 11.1 Å². The van der Waals surface area contributed by atoms with Crippen molar-refractivity contribution in [2.24, 2.45) is 34.0 Å². The van der Waals surface area contributed by atoms with Crippen molar-refractivity contribution < 1.29 is 38.5 Å². The lowest BCUT2D eigenvalue weighted by atomic mass is 9.39. The Labute approximate surface area is 199 Å². The molecular weight excluding hydrogens is 440 g/mol. The largest absolute Gasteiger partial charge is 0.481 e. The number of carbonyl (C=O) groups is 4. The van der Waals surface area contributed by atoms with Gasteiger partial charge in [0.05, 0.1) is 13.0 Å². The van der Waals surface area contributed by atoms with Crippen molar-refractivity contribution >= 4 is 23.7 Å². The topological polar surface area (TPSA) is 116 Å². The molecule has 1 N–H and O–H groups in total. The van der Waals surface area contributed by atoms with Gasteiger partial charge in [0, 0.05) is 17.8 Å². The highest BCUT2D eigenvalue weighted by atomic mass is 16.7. The van der Waals surface area contributed by atoms with Crippen LogP contribution in [0, 0.1) is 34.0 Å². The monoisotopic (exact) mass is 474 g/mol. The molecule has 0 bridgehead atoms. The average Bonchev–Trinajstić information content (AvgIpc) is 3.09. The molecule has 0 radical (unpaired) electrons. The summed E-state index contributed by atoms with van der Waals surface area (Å²) < 4.78 is 16.5. The fraction of sp³-hybridized carbons (Fsp3) is 0.692. The Morgan fingerprint density at radius 1 is 1.24 bits per heavy atom. The van der Waals surface area contributed by atoms with Gasteiger partial charge in [-0.25, -0.2) is 4.79 Å². The molecule has 1 saturated carbocycles. The number of aliphatic carboxylic acids is 1. The first kappa shape index (κ1) is 24.6. The first-order chi connectivity index (χ1) is 15.7. The van der Waals surface area contributed by atoms with Gasteiger partial charge in [-0.15, -0.1) is 0 Å². The molecule has 4 aliphatic rings. The molecule has 8 atom stereocenters.